The van der Waals surface area contributed by atoms with Gasteiger partial charge in [-0.25, -0.2) is 0 Å². The first-order chi connectivity index (χ1) is 16.3. The molecule has 0 N–H and O–H groups in total. The lowest BCUT2D eigenvalue weighted by Crippen LogP contribution is -2.25. The van der Waals surface area contributed by atoms with Crippen LogP contribution < -0.4 is 0 Å². The van der Waals surface area contributed by atoms with E-state index in [1.807, 2.05) is 24.5 Å². The lowest BCUT2D eigenvalue weighted by molar-refractivity contribution is 0.669. The quantitative estimate of drug-likeness (QED) is 0.217. The number of nitrogens with zero attached hydrogens (tertiary/aromatic N) is 1. The molecule has 6 aromatic rings. The molecule has 1 spiro atoms. The number of benzene rings is 4. The van der Waals surface area contributed by atoms with E-state index in [0.29, 0.717) is 0 Å². The largest absolute Gasteiger partial charge is 0.456 e. The summed E-state index contributed by atoms with van der Waals surface area (Å²) in [6.07, 6.45) is 3.94. The molecule has 0 radical (unpaired) electrons. The van der Waals surface area contributed by atoms with Gasteiger partial charge in [0.1, 0.15) is 11.2 Å². The summed E-state index contributed by atoms with van der Waals surface area (Å²) in [6, 6.07) is 30.6. The summed E-state index contributed by atoms with van der Waals surface area (Å²) in [6.45, 7) is 0. The average molecular weight is 486 g/mol. The zero-order valence-corrected chi connectivity index (χ0v) is 19.1. The second-order valence-electron chi connectivity index (χ2n) is 8.90. The molecule has 2 nitrogen and oxygen atoms in total. The van der Waals surface area contributed by atoms with Crippen LogP contribution in [0, 0.1) is 0 Å². The first-order valence-corrected chi connectivity index (χ1v) is 11.9. The summed E-state index contributed by atoms with van der Waals surface area (Å²) < 4.78 is 7.37. The molecule has 0 bridgehead atoms. The van der Waals surface area contributed by atoms with Crippen LogP contribution in [0.2, 0.25) is 0 Å². The lowest BCUT2D eigenvalue weighted by Gasteiger charge is -2.30. The molecule has 2 aliphatic carbocycles. The molecule has 0 saturated heterocycles. The Morgan fingerprint density at radius 1 is 0.606 bits per heavy atom. The van der Waals surface area contributed by atoms with Crippen LogP contribution in [0.3, 0.4) is 0 Å². The van der Waals surface area contributed by atoms with Crippen LogP contribution in [0.1, 0.15) is 22.3 Å². The van der Waals surface area contributed by atoms with Crippen molar-refractivity contribution < 1.29 is 4.42 Å². The number of hydrogen-bond acceptors (Lipinski definition) is 2. The maximum absolute atomic E-state index is 6.28. The molecule has 1 atom stereocenters. The standard InChI is InChI=1S/C30H16BrNO/c31-17-9-10-19-23-16-32-12-11-25(23)30(26(19)13-17)24-7-3-1-5-18(24)21-15-29-22(14-27(21)30)20-6-2-4-8-28(20)33-29/h1-16H. The van der Waals surface area contributed by atoms with Gasteiger partial charge in [0.25, 0.3) is 0 Å². The maximum atomic E-state index is 6.28. The Labute approximate surface area is 198 Å². The number of fused-ring (bicyclic) bond motifs is 13. The van der Waals surface area contributed by atoms with E-state index in [4.69, 9.17) is 4.42 Å². The smallest absolute Gasteiger partial charge is 0.136 e. The molecule has 0 saturated carbocycles. The highest BCUT2D eigenvalue weighted by molar-refractivity contribution is 9.10. The third-order valence-corrected chi connectivity index (χ3v) is 7.94. The Hall–Kier alpha value is -3.69. The van der Waals surface area contributed by atoms with Crippen LogP contribution in [0.4, 0.5) is 0 Å². The molecule has 0 amide bonds. The van der Waals surface area contributed by atoms with Gasteiger partial charge in [-0.15, -0.1) is 0 Å². The molecule has 0 aliphatic heterocycles. The molecule has 3 heteroatoms. The minimum absolute atomic E-state index is 0.379. The van der Waals surface area contributed by atoms with Gasteiger partial charge >= 0.3 is 0 Å². The fourth-order valence-corrected chi connectivity index (χ4v) is 6.58. The molecular formula is C30H16BrNO. The fraction of sp³-hybridized carbons (Fsp3) is 0.0333. The van der Waals surface area contributed by atoms with E-state index in [-0.39, 0.29) is 5.41 Å². The van der Waals surface area contributed by atoms with Crippen molar-refractivity contribution in [3.8, 4) is 22.3 Å². The Balaban J connectivity index is 1.61. The van der Waals surface area contributed by atoms with E-state index in [9.17, 15) is 0 Å². The zero-order chi connectivity index (χ0) is 21.7. The van der Waals surface area contributed by atoms with Crippen molar-refractivity contribution in [2.75, 3.05) is 0 Å². The predicted octanol–water partition coefficient (Wildman–Crippen LogP) is 8.09. The van der Waals surface area contributed by atoms with Gasteiger partial charge in [0.15, 0.2) is 0 Å². The van der Waals surface area contributed by atoms with Gasteiger partial charge in [-0.2, -0.15) is 0 Å². The van der Waals surface area contributed by atoms with E-state index >= 15 is 0 Å². The molecule has 2 aromatic heterocycles. The predicted molar refractivity (Wildman–Crippen MR) is 136 cm³/mol. The number of para-hydroxylation sites is 1. The van der Waals surface area contributed by atoms with E-state index < -0.39 is 0 Å². The Bertz CT molecular complexity index is 1800. The average Bonchev–Trinajstić information content (AvgIpc) is 3.46. The fourth-order valence-electron chi connectivity index (χ4n) is 6.22. The van der Waals surface area contributed by atoms with Gasteiger partial charge in [-0.1, -0.05) is 64.5 Å². The van der Waals surface area contributed by atoms with Crippen molar-refractivity contribution in [3.05, 3.63) is 124 Å². The molecule has 1 unspecified atom stereocenters. The summed E-state index contributed by atoms with van der Waals surface area (Å²) in [4.78, 5) is 4.50. The van der Waals surface area contributed by atoms with Crippen molar-refractivity contribution in [2.24, 2.45) is 0 Å². The second-order valence-corrected chi connectivity index (χ2v) is 9.81. The number of aromatic nitrogens is 1. The van der Waals surface area contributed by atoms with Crippen molar-refractivity contribution in [3.63, 3.8) is 0 Å². The van der Waals surface area contributed by atoms with Gasteiger partial charge in [0.05, 0.1) is 5.41 Å². The molecule has 0 fully saturated rings. The zero-order valence-electron chi connectivity index (χ0n) is 17.5. The van der Waals surface area contributed by atoms with Gasteiger partial charge in [-0.05, 0) is 75.3 Å². The summed E-state index contributed by atoms with van der Waals surface area (Å²) >= 11 is 3.76. The molecule has 8 rings (SSSR count). The summed E-state index contributed by atoms with van der Waals surface area (Å²) in [5.41, 5.74) is 11.7. The second kappa shape index (κ2) is 6.00. The summed E-state index contributed by atoms with van der Waals surface area (Å²) in [7, 11) is 0. The number of hydrogen-bond donors (Lipinski definition) is 0. The minimum Gasteiger partial charge on any atom is -0.456 e. The number of pyridine rings is 1. The highest BCUT2D eigenvalue weighted by atomic mass is 79.9. The van der Waals surface area contributed by atoms with Crippen molar-refractivity contribution in [1.29, 1.82) is 0 Å². The topological polar surface area (TPSA) is 26.0 Å². The van der Waals surface area contributed by atoms with Crippen LogP contribution in [0.25, 0.3) is 44.2 Å². The Morgan fingerprint density at radius 2 is 1.39 bits per heavy atom. The molecule has 154 valence electrons. The van der Waals surface area contributed by atoms with Gasteiger partial charge < -0.3 is 4.42 Å². The van der Waals surface area contributed by atoms with Crippen molar-refractivity contribution >= 4 is 37.9 Å². The Kier molecular flexibility index (Phi) is 3.24. The highest BCUT2D eigenvalue weighted by Crippen LogP contribution is 2.63. The van der Waals surface area contributed by atoms with E-state index in [1.54, 1.807) is 0 Å². The normalized spacial score (nSPS) is 17.4. The minimum atomic E-state index is -0.379. The third kappa shape index (κ3) is 2.03. The third-order valence-electron chi connectivity index (χ3n) is 7.44. The van der Waals surface area contributed by atoms with Crippen LogP contribution in [0.5, 0.6) is 0 Å². The van der Waals surface area contributed by atoms with Crippen LogP contribution in [-0.4, -0.2) is 4.98 Å². The molecule has 33 heavy (non-hydrogen) atoms. The highest BCUT2D eigenvalue weighted by Gasteiger charge is 2.52. The van der Waals surface area contributed by atoms with Gasteiger partial charge in [0.2, 0.25) is 0 Å². The molecular weight excluding hydrogens is 470 g/mol. The lowest BCUT2D eigenvalue weighted by atomic mass is 9.70. The van der Waals surface area contributed by atoms with E-state index in [0.717, 1.165) is 26.4 Å². The van der Waals surface area contributed by atoms with E-state index in [1.165, 1.54) is 44.5 Å². The van der Waals surface area contributed by atoms with Crippen molar-refractivity contribution in [1.82, 2.24) is 4.98 Å². The van der Waals surface area contributed by atoms with Gasteiger partial charge in [0, 0.05) is 33.2 Å². The molecule has 2 heterocycles. The van der Waals surface area contributed by atoms with Crippen LogP contribution in [-0.2, 0) is 5.41 Å². The number of halogens is 1. The Morgan fingerprint density at radius 3 is 2.36 bits per heavy atom. The number of rotatable bonds is 0. The van der Waals surface area contributed by atoms with E-state index in [2.05, 4.69) is 93.7 Å². The summed E-state index contributed by atoms with van der Waals surface area (Å²) in [5, 5.41) is 2.32. The monoisotopic (exact) mass is 485 g/mol. The molecule has 2 aliphatic rings. The van der Waals surface area contributed by atoms with Crippen molar-refractivity contribution in [2.45, 2.75) is 5.41 Å². The maximum Gasteiger partial charge on any atom is 0.136 e. The summed E-state index contributed by atoms with van der Waals surface area (Å²) in [5.74, 6) is 0. The van der Waals surface area contributed by atoms with Gasteiger partial charge in [-0.3, -0.25) is 4.98 Å². The first kappa shape index (κ1) is 17.8. The SMILES string of the molecule is Brc1ccc2c(c1)C1(c3ccccc3-c3cc4oc5ccccc5c4cc31)c1ccncc1-2. The first-order valence-electron chi connectivity index (χ1n) is 11.1. The van der Waals surface area contributed by atoms with Crippen LogP contribution in [0.15, 0.2) is 106 Å². The number of furan rings is 1. The molecule has 4 aromatic carbocycles. The van der Waals surface area contributed by atoms with Crippen LogP contribution >= 0.6 is 15.9 Å².